The molecule has 1 aromatic carbocycles. The number of rotatable bonds is 7. The summed E-state index contributed by atoms with van der Waals surface area (Å²) < 4.78 is 5.55. The molecule has 0 saturated heterocycles. The van der Waals surface area contributed by atoms with E-state index in [1.807, 2.05) is 13.0 Å². The SMILES string of the molecule is Cc1cccc([N+](=O)[O-])c1OCCCNC1CC1. The minimum Gasteiger partial charge on any atom is -0.487 e. The number of hydrogen-bond acceptors (Lipinski definition) is 4. The lowest BCUT2D eigenvalue weighted by Gasteiger charge is -2.09. The molecule has 2 rings (SSSR count). The molecule has 0 bridgehead atoms. The summed E-state index contributed by atoms with van der Waals surface area (Å²) in [5, 5.41) is 14.3. The zero-order valence-corrected chi connectivity index (χ0v) is 10.5. The largest absolute Gasteiger partial charge is 0.487 e. The van der Waals surface area contributed by atoms with Crippen molar-refractivity contribution in [2.75, 3.05) is 13.2 Å². The Morgan fingerprint density at radius 3 is 2.94 bits per heavy atom. The first kappa shape index (κ1) is 12.8. The first-order valence-corrected chi connectivity index (χ1v) is 6.28. The molecule has 18 heavy (non-hydrogen) atoms. The summed E-state index contributed by atoms with van der Waals surface area (Å²) in [4.78, 5) is 10.5. The van der Waals surface area contributed by atoms with Gasteiger partial charge in [-0.25, -0.2) is 0 Å². The fourth-order valence-electron chi connectivity index (χ4n) is 1.81. The van der Waals surface area contributed by atoms with Gasteiger partial charge in [-0.1, -0.05) is 12.1 Å². The van der Waals surface area contributed by atoms with Gasteiger partial charge in [0.1, 0.15) is 0 Å². The third kappa shape index (κ3) is 3.43. The maximum Gasteiger partial charge on any atom is 0.311 e. The van der Waals surface area contributed by atoms with E-state index in [2.05, 4.69) is 5.32 Å². The molecule has 1 aliphatic carbocycles. The molecule has 1 fully saturated rings. The van der Waals surface area contributed by atoms with E-state index in [-0.39, 0.29) is 5.69 Å². The molecule has 0 unspecified atom stereocenters. The van der Waals surface area contributed by atoms with Crippen molar-refractivity contribution in [3.63, 3.8) is 0 Å². The van der Waals surface area contributed by atoms with Gasteiger partial charge in [-0.2, -0.15) is 0 Å². The molecule has 0 heterocycles. The standard InChI is InChI=1S/C13H18N2O3/c1-10-4-2-5-12(15(16)17)13(10)18-9-3-8-14-11-6-7-11/h2,4-5,11,14H,3,6-9H2,1H3. The van der Waals surface area contributed by atoms with E-state index in [4.69, 9.17) is 4.74 Å². The topological polar surface area (TPSA) is 64.4 Å². The first-order valence-electron chi connectivity index (χ1n) is 6.28. The van der Waals surface area contributed by atoms with Gasteiger partial charge in [0.2, 0.25) is 0 Å². The third-order valence-corrected chi connectivity index (χ3v) is 2.97. The van der Waals surface area contributed by atoms with Gasteiger partial charge < -0.3 is 10.1 Å². The lowest BCUT2D eigenvalue weighted by molar-refractivity contribution is -0.385. The number of nitro groups is 1. The van der Waals surface area contributed by atoms with Crippen LogP contribution in [-0.4, -0.2) is 24.1 Å². The minimum absolute atomic E-state index is 0.0464. The van der Waals surface area contributed by atoms with Crippen LogP contribution in [0.2, 0.25) is 0 Å². The van der Waals surface area contributed by atoms with Crippen LogP contribution in [0, 0.1) is 17.0 Å². The second-order valence-corrected chi connectivity index (χ2v) is 4.61. The van der Waals surface area contributed by atoms with Crippen LogP contribution in [-0.2, 0) is 0 Å². The van der Waals surface area contributed by atoms with Gasteiger partial charge in [0.05, 0.1) is 11.5 Å². The van der Waals surface area contributed by atoms with Gasteiger partial charge in [0, 0.05) is 12.1 Å². The Bertz CT molecular complexity index is 430. The average Bonchev–Trinajstić information content (AvgIpc) is 3.14. The van der Waals surface area contributed by atoms with E-state index in [0.29, 0.717) is 18.4 Å². The summed E-state index contributed by atoms with van der Waals surface area (Å²) in [6.45, 7) is 3.24. The number of hydrogen-bond donors (Lipinski definition) is 1. The summed E-state index contributed by atoms with van der Waals surface area (Å²) in [5.74, 6) is 0.397. The lowest BCUT2D eigenvalue weighted by Crippen LogP contribution is -2.19. The number of nitrogens with zero attached hydrogens (tertiary/aromatic N) is 1. The highest BCUT2D eigenvalue weighted by Gasteiger charge is 2.20. The minimum atomic E-state index is -0.398. The lowest BCUT2D eigenvalue weighted by atomic mass is 10.2. The van der Waals surface area contributed by atoms with E-state index in [1.54, 1.807) is 6.07 Å². The van der Waals surface area contributed by atoms with Crippen LogP contribution in [0.4, 0.5) is 5.69 Å². The van der Waals surface area contributed by atoms with Crippen LogP contribution >= 0.6 is 0 Å². The molecule has 0 aromatic heterocycles. The van der Waals surface area contributed by atoms with Crippen LogP contribution < -0.4 is 10.1 Å². The second kappa shape index (κ2) is 5.82. The van der Waals surface area contributed by atoms with Crippen molar-refractivity contribution in [3.05, 3.63) is 33.9 Å². The van der Waals surface area contributed by atoms with E-state index >= 15 is 0 Å². The predicted octanol–water partition coefficient (Wildman–Crippen LogP) is 2.42. The van der Waals surface area contributed by atoms with Gasteiger partial charge in [-0.3, -0.25) is 10.1 Å². The number of nitrogens with one attached hydrogen (secondary N) is 1. The molecule has 1 N–H and O–H groups in total. The van der Waals surface area contributed by atoms with Gasteiger partial charge in [0.15, 0.2) is 5.75 Å². The maximum absolute atomic E-state index is 10.9. The van der Waals surface area contributed by atoms with Gasteiger partial charge in [-0.15, -0.1) is 0 Å². The molecule has 0 aliphatic heterocycles. The maximum atomic E-state index is 10.9. The highest BCUT2D eigenvalue weighted by molar-refractivity contribution is 5.51. The average molecular weight is 250 g/mol. The van der Waals surface area contributed by atoms with Crippen molar-refractivity contribution in [1.29, 1.82) is 0 Å². The van der Waals surface area contributed by atoms with Crippen LogP contribution in [0.5, 0.6) is 5.75 Å². The summed E-state index contributed by atoms with van der Waals surface area (Å²) in [7, 11) is 0. The summed E-state index contributed by atoms with van der Waals surface area (Å²) in [6, 6.07) is 5.67. The summed E-state index contributed by atoms with van der Waals surface area (Å²) in [5.41, 5.74) is 0.851. The number of nitro benzene ring substituents is 1. The number of ether oxygens (including phenoxy) is 1. The molecule has 0 amide bonds. The van der Waals surface area contributed by atoms with E-state index in [9.17, 15) is 10.1 Å². The predicted molar refractivity (Wildman–Crippen MR) is 69.0 cm³/mol. The van der Waals surface area contributed by atoms with Gasteiger partial charge in [0.25, 0.3) is 0 Å². The molecule has 1 aliphatic rings. The molecular weight excluding hydrogens is 232 g/mol. The zero-order chi connectivity index (χ0) is 13.0. The Morgan fingerprint density at radius 2 is 2.28 bits per heavy atom. The van der Waals surface area contributed by atoms with Crippen LogP contribution in [0.15, 0.2) is 18.2 Å². The van der Waals surface area contributed by atoms with Crippen molar-refractivity contribution < 1.29 is 9.66 Å². The molecule has 5 nitrogen and oxygen atoms in total. The fraction of sp³-hybridized carbons (Fsp3) is 0.538. The third-order valence-electron chi connectivity index (χ3n) is 2.97. The summed E-state index contributed by atoms with van der Waals surface area (Å²) in [6.07, 6.45) is 3.40. The number of benzene rings is 1. The molecule has 98 valence electrons. The summed E-state index contributed by atoms with van der Waals surface area (Å²) >= 11 is 0. The van der Waals surface area contributed by atoms with Crippen LogP contribution in [0.25, 0.3) is 0 Å². The Balaban J connectivity index is 1.84. The van der Waals surface area contributed by atoms with Crippen molar-refractivity contribution in [3.8, 4) is 5.75 Å². The Morgan fingerprint density at radius 1 is 1.50 bits per heavy atom. The van der Waals surface area contributed by atoms with E-state index in [0.717, 1.165) is 18.5 Å². The Hall–Kier alpha value is -1.62. The van der Waals surface area contributed by atoms with Crippen molar-refractivity contribution in [2.24, 2.45) is 0 Å². The van der Waals surface area contributed by atoms with E-state index < -0.39 is 4.92 Å². The molecule has 5 heteroatoms. The number of aryl methyl sites for hydroxylation is 1. The Kier molecular flexibility index (Phi) is 4.15. The first-order chi connectivity index (χ1) is 8.68. The van der Waals surface area contributed by atoms with Gasteiger partial charge >= 0.3 is 5.69 Å². The fourth-order valence-corrected chi connectivity index (χ4v) is 1.81. The van der Waals surface area contributed by atoms with Crippen molar-refractivity contribution in [1.82, 2.24) is 5.32 Å². The van der Waals surface area contributed by atoms with Crippen molar-refractivity contribution >= 4 is 5.69 Å². The second-order valence-electron chi connectivity index (χ2n) is 4.61. The number of para-hydroxylation sites is 1. The monoisotopic (exact) mass is 250 g/mol. The molecule has 0 radical (unpaired) electrons. The molecule has 0 atom stereocenters. The quantitative estimate of drug-likeness (QED) is 0.458. The van der Waals surface area contributed by atoms with Crippen molar-refractivity contribution in [2.45, 2.75) is 32.2 Å². The van der Waals surface area contributed by atoms with E-state index in [1.165, 1.54) is 18.9 Å². The molecule has 0 spiro atoms. The molecule has 1 saturated carbocycles. The van der Waals surface area contributed by atoms with Gasteiger partial charge in [-0.05, 0) is 38.3 Å². The molecular formula is C13H18N2O3. The highest BCUT2D eigenvalue weighted by atomic mass is 16.6. The van der Waals surface area contributed by atoms with Crippen LogP contribution in [0.3, 0.4) is 0 Å². The highest BCUT2D eigenvalue weighted by Crippen LogP contribution is 2.30. The zero-order valence-electron chi connectivity index (χ0n) is 10.5. The Labute approximate surface area is 106 Å². The normalized spacial score (nSPS) is 14.5. The smallest absolute Gasteiger partial charge is 0.311 e. The molecule has 1 aromatic rings. The van der Waals surface area contributed by atoms with Crippen LogP contribution in [0.1, 0.15) is 24.8 Å².